The molecular weight excluding hydrogens is 608 g/mol. The van der Waals surface area contributed by atoms with E-state index in [1.165, 1.54) is 39.5 Å². The molecule has 0 aromatic heterocycles. The van der Waals surface area contributed by atoms with Gasteiger partial charge in [0.05, 0.1) is 50.4 Å². The van der Waals surface area contributed by atoms with Gasteiger partial charge in [-0.05, 0) is 47.0 Å². The zero-order chi connectivity index (χ0) is 32.8. The van der Waals surface area contributed by atoms with Crippen molar-refractivity contribution in [1.82, 2.24) is 0 Å². The summed E-state index contributed by atoms with van der Waals surface area (Å²) in [6.45, 7) is 0.142. The highest BCUT2D eigenvalue weighted by Gasteiger charge is 2.53. The van der Waals surface area contributed by atoms with E-state index in [1.54, 1.807) is 30.3 Å². The monoisotopic (exact) mass is 638 g/mol. The van der Waals surface area contributed by atoms with Crippen LogP contribution in [0.3, 0.4) is 0 Å². The van der Waals surface area contributed by atoms with Gasteiger partial charge in [0, 0.05) is 35.2 Å². The van der Waals surface area contributed by atoms with E-state index in [4.69, 9.17) is 28.4 Å². The lowest BCUT2D eigenvalue weighted by Gasteiger charge is -2.40. The van der Waals surface area contributed by atoms with Crippen LogP contribution >= 0.6 is 0 Å². The number of ether oxygens (including phenoxy) is 6. The maximum absolute atomic E-state index is 13.8. The number of ketones is 1. The number of nitro groups is 1. The summed E-state index contributed by atoms with van der Waals surface area (Å²) in [6, 6.07) is 19.5. The quantitative estimate of drug-likeness (QED) is 0.105. The van der Waals surface area contributed by atoms with Crippen molar-refractivity contribution in [3.8, 4) is 28.7 Å². The Hall–Kier alpha value is -5.78. The van der Waals surface area contributed by atoms with Gasteiger partial charge in [0.15, 0.2) is 28.8 Å². The average Bonchev–Trinajstić information content (AvgIpc) is 3.72. The number of hydrogen-bond acceptors (Lipinski definition) is 11. The Morgan fingerprint density at radius 3 is 2.19 bits per heavy atom. The fraction of sp³-hybridized carbons (Fsp3) is 0.257. The molecule has 1 aliphatic carbocycles. The van der Waals surface area contributed by atoms with Gasteiger partial charge in [0.2, 0.25) is 12.5 Å². The van der Waals surface area contributed by atoms with Gasteiger partial charge in [-0.2, -0.15) is 0 Å². The van der Waals surface area contributed by atoms with Crippen LogP contribution in [0.25, 0.3) is 0 Å². The fourth-order valence-electron chi connectivity index (χ4n) is 6.90. The minimum atomic E-state index is -0.658. The minimum absolute atomic E-state index is 0.0398. The number of benzene rings is 4. The number of cyclic esters (lactones) is 1. The Morgan fingerprint density at radius 2 is 1.55 bits per heavy atom. The molecule has 0 spiro atoms. The molecule has 7 rings (SSSR count). The molecule has 47 heavy (non-hydrogen) atoms. The van der Waals surface area contributed by atoms with Gasteiger partial charge in [0.25, 0.3) is 5.69 Å². The van der Waals surface area contributed by atoms with Gasteiger partial charge in [-0.25, -0.2) is 0 Å². The largest absolute Gasteiger partial charge is 0.493 e. The molecule has 4 atom stereocenters. The Morgan fingerprint density at radius 1 is 0.872 bits per heavy atom. The molecule has 3 aliphatic rings. The number of rotatable bonds is 9. The van der Waals surface area contributed by atoms with Crippen LogP contribution in [-0.2, 0) is 9.53 Å². The molecular formula is C35H30N2O10. The number of nitro benzene ring substituents is 1. The van der Waals surface area contributed by atoms with Crippen molar-refractivity contribution in [2.75, 3.05) is 40.0 Å². The number of nitrogens with zero attached hydrogens (tertiary/aromatic N) is 1. The Balaban J connectivity index is 1.40. The van der Waals surface area contributed by atoms with Gasteiger partial charge in [0.1, 0.15) is 0 Å². The molecule has 4 aromatic rings. The fourth-order valence-corrected chi connectivity index (χ4v) is 6.90. The van der Waals surface area contributed by atoms with Crippen LogP contribution in [0.2, 0.25) is 0 Å². The van der Waals surface area contributed by atoms with E-state index in [9.17, 15) is 19.7 Å². The van der Waals surface area contributed by atoms with Crippen molar-refractivity contribution in [2.45, 2.75) is 12.0 Å². The third kappa shape index (κ3) is 5.02. The van der Waals surface area contributed by atoms with Gasteiger partial charge in [-0.15, -0.1) is 0 Å². The molecule has 12 heteroatoms. The van der Waals surface area contributed by atoms with Gasteiger partial charge in [-0.1, -0.05) is 30.3 Å². The second-order valence-electron chi connectivity index (χ2n) is 11.4. The lowest BCUT2D eigenvalue weighted by Crippen LogP contribution is -2.38. The number of anilines is 1. The molecule has 240 valence electrons. The van der Waals surface area contributed by atoms with E-state index in [1.807, 2.05) is 24.3 Å². The van der Waals surface area contributed by atoms with Crippen molar-refractivity contribution in [2.24, 2.45) is 11.8 Å². The first-order valence-corrected chi connectivity index (χ1v) is 14.9. The Bertz CT molecular complexity index is 1890. The molecule has 0 amide bonds. The number of hydrogen-bond donors (Lipinski definition) is 1. The van der Waals surface area contributed by atoms with E-state index >= 15 is 0 Å². The third-order valence-corrected chi connectivity index (χ3v) is 9.04. The highest BCUT2D eigenvalue weighted by molar-refractivity contribution is 6.12. The molecule has 12 nitrogen and oxygen atoms in total. The lowest BCUT2D eigenvalue weighted by molar-refractivity contribution is -0.384. The van der Waals surface area contributed by atoms with Crippen LogP contribution in [0.1, 0.15) is 44.6 Å². The highest BCUT2D eigenvalue weighted by atomic mass is 16.7. The highest BCUT2D eigenvalue weighted by Crippen LogP contribution is 2.56. The van der Waals surface area contributed by atoms with E-state index < -0.39 is 28.7 Å². The molecule has 2 heterocycles. The topological polar surface area (TPSA) is 145 Å². The summed E-state index contributed by atoms with van der Waals surface area (Å²) in [5, 5.41) is 15.2. The zero-order valence-corrected chi connectivity index (χ0v) is 25.7. The first-order chi connectivity index (χ1) is 22.8. The maximum Gasteiger partial charge on any atom is 0.310 e. The SMILES string of the molecule is COc1cc(C2c3cc4c(cc3C(Nc3ccc([N+](=O)[O-])cc3C(=O)c3ccccc3)C3COC(=O)C23)OCO4)cc(OC)c1OC. The zero-order valence-electron chi connectivity index (χ0n) is 25.7. The molecule has 2 aliphatic heterocycles. The van der Waals surface area contributed by atoms with Crippen molar-refractivity contribution in [3.05, 3.63) is 111 Å². The molecule has 0 saturated carbocycles. The van der Waals surface area contributed by atoms with Crippen LogP contribution in [-0.4, -0.2) is 51.4 Å². The van der Waals surface area contributed by atoms with E-state index in [0.29, 0.717) is 40.0 Å². The molecule has 1 fully saturated rings. The van der Waals surface area contributed by atoms with Crippen LogP contribution in [0.5, 0.6) is 28.7 Å². The predicted molar refractivity (Wildman–Crippen MR) is 168 cm³/mol. The molecule has 1 saturated heterocycles. The summed E-state index contributed by atoms with van der Waals surface area (Å²) in [6.07, 6.45) is 0. The third-order valence-electron chi connectivity index (χ3n) is 9.04. The van der Waals surface area contributed by atoms with Gasteiger partial charge >= 0.3 is 5.97 Å². The van der Waals surface area contributed by atoms with E-state index in [0.717, 1.165) is 16.7 Å². The Kier molecular flexibility index (Phi) is 7.55. The minimum Gasteiger partial charge on any atom is -0.493 e. The summed E-state index contributed by atoms with van der Waals surface area (Å²) < 4.78 is 34.1. The number of nitrogens with one attached hydrogen (secondary N) is 1. The van der Waals surface area contributed by atoms with Crippen molar-refractivity contribution >= 4 is 23.1 Å². The Labute approximate surface area is 269 Å². The number of esters is 1. The van der Waals surface area contributed by atoms with Gasteiger partial charge in [-0.3, -0.25) is 19.7 Å². The smallest absolute Gasteiger partial charge is 0.310 e. The molecule has 0 radical (unpaired) electrons. The molecule has 0 bridgehead atoms. The van der Waals surface area contributed by atoms with Crippen molar-refractivity contribution in [1.29, 1.82) is 0 Å². The number of carbonyl (C=O) groups excluding carboxylic acids is 2. The first kappa shape index (κ1) is 29.9. The molecule has 4 aromatic carbocycles. The summed E-state index contributed by atoms with van der Waals surface area (Å²) in [5.74, 6) is 0.00528. The first-order valence-electron chi connectivity index (χ1n) is 14.9. The maximum atomic E-state index is 13.8. The average molecular weight is 639 g/mol. The van der Waals surface area contributed by atoms with E-state index in [2.05, 4.69) is 5.32 Å². The summed E-state index contributed by atoms with van der Waals surface area (Å²) >= 11 is 0. The second-order valence-corrected chi connectivity index (χ2v) is 11.4. The summed E-state index contributed by atoms with van der Waals surface area (Å²) in [5.41, 5.74) is 2.97. The van der Waals surface area contributed by atoms with Crippen LogP contribution < -0.4 is 29.0 Å². The van der Waals surface area contributed by atoms with Crippen molar-refractivity contribution < 1.29 is 42.9 Å². The number of carbonyl (C=O) groups is 2. The second kappa shape index (κ2) is 11.9. The van der Waals surface area contributed by atoms with Crippen LogP contribution in [0, 0.1) is 22.0 Å². The summed E-state index contributed by atoms with van der Waals surface area (Å²) in [7, 11) is 4.57. The van der Waals surface area contributed by atoms with E-state index in [-0.39, 0.29) is 36.4 Å². The number of non-ortho nitro benzene ring substituents is 1. The van der Waals surface area contributed by atoms with Crippen LogP contribution in [0.4, 0.5) is 11.4 Å². The van der Waals surface area contributed by atoms with Gasteiger partial charge < -0.3 is 33.7 Å². The normalized spacial score (nSPS) is 20.4. The number of methoxy groups -OCH3 is 3. The molecule has 1 N–H and O–H groups in total. The van der Waals surface area contributed by atoms with Crippen molar-refractivity contribution in [3.63, 3.8) is 0 Å². The number of fused-ring (bicyclic) bond motifs is 3. The molecule has 4 unspecified atom stereocenters. The standard InChI is InChI=1S/C35H30N2O10/c1-42-28-11-19(12-29(43-2)34(28)44-3)30-21-14-26-27(47-17-46-26)15-22(21)32(24-16-45-35(39)31(24)30)36-25-10-9-20(37(40)41)13-23(25)33(38)18-7-5-4-6-8-18/h4-15,24,30-32,36H,16-17H2,1-3H3. The van der Waals surface area contributed by atoms with Crippen LogP contribution in [0.15, 0.2) is 72.8 Å². The lowest BCUT2D eigenvalue weighted by atomic mass is 9.65. The summed E-state index contributed by atoms with van der Waals surface area (Å²) in [4.78, 5) is 38.6. The predicted octanol–water partition coefficient (Wildman–Crippen LogP) is 5.67.